The van der Waals surface area contributed by atoms with E-state index >= 15 is 0 Å². The van der Waals surface area contributed by atoms with Gasteiger partial charge in [0.25, 0.3) is 0 Å². The minimum atomic E-state index is 0.545. The fourth-order valence-corrected chi connectivity index (χ4v) is 3.00. The lowest BCUT2D eigenvalue weighted by Crippen LogP contribution is -2.19. The van der Waals surface area contributed by atoms with Crippen LogP contribution in [0, 0.1) is 3.57 Å². The Morgan fingerprint density at radius 3 is 2.12 bits per heavy atom. The number of nitrogens with one attached hydrogen (secondary N) is 1. The lowest BCUT2D eigenvalue weighted by atomic mass is 10.1. The molecule has 3 rings (SSSR count). The van der Waals surface area contributed by atoms with E-state index in [2.05, 4.69) is 76.4 Å². The minimum absolute atomic E-state index is 0.545. The molecule has 1 aliphatic rings. The lowest BCUT2D eigenvalue weighted by molar-refractivity contribution is 0.773. The Kier molecular flexibility index (Phi) is 3.05. The van der Waals surface area contributed by atoms with E-state index in [-0.39, 0.29) is 0 Å². The molecule has 17 heavy (non-hydrogen) atoms. The number of rotatable bonds is 2. The molecule has 0 unspecified atom stereocenters. The number of anilines is 1. The number of hydrogen-bond donors (Lipinski definition) is 1. The third-order valence-corrected chi connectivity index (χ3v) is 4.23. The summed E-state index contributed by atoms with van der Waals surface area (Å²) in [5.41, 5.74) is 4.25. The molecule has 0 heterocycles. The summed E-state index contributed by atoms with van der Waals surface area (Å²) in [6.07, 6.45) is 2.28. The number of para-hydroxylation sites is 1. The Hall–Kier alpha value is -1.03. The second-order valence-corrected chi connectivity index (χ2v) is 5.66. The SMILES string of the molecule is Ic1ccccc1NC1Cc2ccccc2C1. The molecule has 0 spiro atoms. The highest BCUT2D eigenvalue weighted by Crippen LogP contribution is 2.26. The Morgan fingerprint density at radius 2 is 1.47 bits per heavy atom. The van der Waals surface area contributed by atoms with Crippen LogP contribution in [0.1, 0.15) is 11.1 Å². The van der Waals surface area contributed by atoms with Crippen LogP contribution in [-0.2, 0) is 12.8 Å². The molecule has 0 aliphatic heterocycles. The highest BCUT2D eigenvalue weighted by Gasteiger charge is 2.20. The maximum absolute atomic E-state index is 3.65. The monoisotopic (exact) mass is 335 g/mol. The summed E-state index contributed by atoms with van der Waals surface area (Å²) in [4.78, 5) is 0. The molecule has 0 saturated heterocycles. The Balaban J connectivity index is 1.76. The van der Waals surface area contributed by atoms with Crippen molar-refractivity contribution in [3.05, 3.63) is 63.2 Å². The number of benzene rings is 2. The van der Waals surface area contributed by atoms with Crippen LogP contribution in [0.4, 0.5) is 5.69 Å². The zero-order chi connectivity index (χ0) is 11.7. The van der Waals surface area contributed by atoms with Crippen molar-refractivity contribution in [3.8, 4) is 0 Å². The van der Waals surface area contributed by atoms with Crippen molar-refractivity contribution in [2.24, 2.45) is 0 Å². The van der Waals surface area contributed by atoms with Crippen molar-refractivity contribution in [1.29, 1.82) is 0 Å². The van der Waals surface area contributed by atoms with Crippen molar-refractivity contribution in [1.82, 2.24) is 0 Å². The van der Waals surface area contributed by atoms with Gasteiger partial charge in [0, 0.05) is 15.3 Å². The first kappa shape index (κ1) is 11.1. The second-order valence-electron chi connectivity index (χ2n) is 4.50. The largest absolute Gasteiger partial charge is 0.381 e. The van der Waals surface area contributed by atoms with Crippen LogP contribution >= 0.6 is 22.6 Å². The summed E-state index contributed by atoms with van der Waals surface area (Å²) in [6, 6.07) is 17.8. The van der Waals surface area contributed by atoms with Crippen molar-refractivity contribution < 1.29 is 0 Å². The summed E-state index contributed by atoms with van der Waals surface area (Å²) in [5.74, 6) is 0. The fraction of sp³-hybridized carbons (Fsp3) is 0.200. The van der Waals surface area contributed by atoms with Crippen LogP contribution < -0.4 is 5.32 Å². The number of fused-ring (bicyclic) bond motifs is 1. The van der Waals surface area contributed by atoms with Crippen LogP contribution in [0.15, 0.2) is 48.5 Å². The summed E-state index contributed by atoms with van der Waals surface area (Å²) < 4.78 is 1.29. The summed E-state index contributed by atoms with van der Waals surface area (Å²) in [7, 11) is 0. The van der Waals surface area contributed by atoms with Crippen LogP contribution in [0.5, 0.6) is 0 Å². The van der Waals surface area contributed by atoms with Gasteiger partial charge in [-0.25, -0.2) is 0 Å². The molecule has 0 atom stereocenters. The van der Waals surface area contributed by atoms with Crippen LogP contribution in [0.3, 0.4) is 0 Å². The highest BCUT2D eigenvalue weighted by atomic mass is 127. The van der Waals surface area contributed by atoms with Crippen molar-refractivity contribution >= 4 is 28.3 Å². The molecule has 2 aromatic rings. The maximum atomic E-state index is 3.65. The molecule has 0 amide bonds. The van der Waals surface area contributed by atoms with Crippen LogP contribution in [0.2, 0.25) is 0 Å². The second kappa shape index (κ2) is 4.69. The molecule has 0 saturated carbocycles. The standard InChI is InChI=1S/C15H14IN/c16-14-7-3-4-8-15(14)17-13-9-11-5-1-2-6-12(11)10-13/h1-8,13,17H,9-10H2. The van der Waals surface area contributed by atoms with Gasteiger partial charge >= 0.3 is 0 Å². The van der Waals surface area contributed by atoms with Crippen LogP contribution in [0.25, 0.3) is 0 Å². The van der Waals surface area contributed by atoms with Gasteiger partial charge in [0.1, 0.15) is 0 Å². The van der Waals surface area contributed by atoms with Gasteiger partial charge in [-0.2, -0.15) is 0 Å². The smallest absolute Gasteiger partial charge is 0.0478 e. The Bertz CT molecular complexity index is 511. The molecular weight excluding hydrogens is 321 g/mol. The average molecular weight is 335 g/mol. The van der Waals surface area contributed by atoms with Crippen molar-refractivity contribution in [3.63, 3.8) is 0 Å². The molecule has 0 radical (unpaired) electrons. The van der Waals surface area contributed by atoms with Crippen molar-refractivity contribution in [2.45, 2.75) is 18.9 Å². The van der Waals surface area contributed by atoms with E-state index in [9.17, 15) is 0 Å². The highest BCUT2D eigenvalue weighted by molar-refractivity contribution is 14.1. The first-order chi connectivity index (χ1) is 8.33. The summed E-state index contributed by atoms with van der Waals surface area (Å²) in [6.45, 7) is 0. The van der Waals surface area contributed by atoms with Gasteiger partial charge in [-0.3, -0.25) is 0 Å². The predicted molar refractivity (Wildman–Crippen MR) is 80.4 cm³/mol. The van der Waals surface area contributed by atoms with Crippen LogP contribution in [-0.4, -0.2) is 6.04 Å². The van der Waals surface area contributed by atoms with Gasteiger partial charge in [0.05, 0.1) is 0 Å². The molecule has 1 nitrogen and oxygen atoms in total. The van der Waals surface area contributed by atoms with Crippen molar-refractivity contribution in [2.75, 3.05) is 5.32 Å². The summed E-state index contributed by atoms with van der Waals surface area (Å²) in [5, 5.41) is 3.65. The zero-order valence-electron chi connectivity index (χ0n) is 9.49. The molecule has 86 valence electrons. The van der Waals surface area contributed by atoms with Gasteiger partial charge in [0.15, 0.2) is 0 Å². The lowest BCUT2D eigenvalue weighted by Gasteiger charge is -2.14. The minimum Gasteiger partial charge on any atom is -0.381 e. The third kappa shape index (κ3) is 2.32. The molecule has 1 N–H and O–H groups in total. The fourth-order valence-electron chi connectivity index (χ4n) is 2.46. The van der Waals surface area contributed by atoms with Gasteiger partial charge < -0.3 is 5.32 Å². The van der Waals surface area contributed by atoms with E-state index in [0.29, 0.717) is 6.04 Å². The third-order valence-electron chi connectivity index (χ3n) is 3.28. The predicted octanol–water partition coefficient (Wildman–Crippen LogP) is 3.87. The first-order valence-electron chi connectivity index (χ1n) is 5.91. The van der Waals surface area contributed by atoms with Gasteiger partial charge in [-0.15, -0.1) is 0 Å². The quantitative estimate of drug-likeness (QED) is 0.822. The van der Waals surface area contributed by atoms with E-state index in [4.69, 9.17) is 0 Å². The van der Waals surface area contributed by atoms with Gasteiger partial charge in [0.2, 0.25) is 0 Å². The normalized spacial score (nSPS) is 14.6. The van der Waals surface area contributed by atoms with E-state index in [1.807, 2.05) is 0 Å². The molecule has 2 heteroatoms. The number of hydrogen-bond acceptors (Lipinski definition) is 1. The average Bonchev–Trinajstić information content (AvgIpc) is 2.74. The molecule has 1 aliphatic carbocycles. The number of halogens is 1. The van der Waals surface area contributed by atoms with E-state index in [1.54, 1.807) is 0 Å². The van der Waals surface area contributed by atoms with E-state index in [0.717, 1.165) is 12.8 Å². The van der Waals surface area contributed by atoms with E-state index in [1.165, 1.54) is 20.4 Å². The Morgan fingerprint density at radius 1 is 0.882 bits per heavy atom. The zero-order valence-corrected chi connectivity index (χ0v) is 11.6. The molecule has 0 aromatic heterocycles. The van der Waals surface area contributed by atoms with E-state index < -0.39 is 0 Å². The molecule has 0 fully saturated rings. The molecule has 0 bridgehead atoms. The first-order valence-corrected chi connectivity index (χ1v) is 6.98. The van der Waals surface area contributed by atoms with Gasteiger partial charge in [-0.05, 0) is 58.7 Å². The maximum Gasteiger partial charge on any atom is 0.0478 e. The van der Waals surface area contributed by atoms with Gasteiger partial charge in [-0.1, -0.05) is 36.4 Å². The Labute approximate surface area is 115 Å². The molecule has 2 aromatic carbocycles. The summed E-state index contributed by atoms with van der Waals surface area (Å²) >= 11 is 2.38. The molecular formula is C15H14IN. The topological polar surface area (TPSA) is 12.0 Å².